The van der Waals surface area contributed by atoms with Crippen LogP contribution in [-0.2, 0) is 9.53 Å². The van der Waals surface area contributed by atoms with Crippen molar-refractivity contribution in [3.05, 3.63) is 0 Å². The molecule has 82 valence electrons. The standard InChI is InChI=1S/C10H20N2O2/c1-8(14-2)6-12-10(13)9-4-3-5-11-7-9/h8-9,11H,3-7H2,1-2H3,(H,12,13)/t8?,9-/m0/s1. The summed E-state index contributed by atoms with van der Waals surface area (Å²) in [7, 11) is 1.65. The molecule has 1 unspecified atom stereocenters. The summed E-state index contributed by atoms with van der Waals surface area (Å²) in [6, 6.07) is 0. The van der Waals surface area contributed by atoms with Gasteiger partial charge in [-0.25, -0.2) is 0 Å². The first-order valence-corrected chi connectivity index (χ1v) is 5.25. The Balaban J connectivity index is 2.19. The molecule has 0 aromatic heterocycles. The van der Waals surface area contributed by atoms with E-state index in [0.717, 1.165) is 25.9 Å². The molecule has 4 heteroatoms. The van der Waals surface area contributed by atoms with Crippen LogP contribution in [0.15, 0.2) is 0 Å². The predicted molar refractivity (Wildman–Crippen MR) is 55.1 cm³/mol. The van der Waals surface area contributed by atoms with Crippen LogP contribution in [0.5, 0.6) is 0 Å². The van der Waals surface area contributed by atoms with E-state index in [1.54, 1.807) is 7.11 Å². The van der Waals surface area contributed by atoms with Crippen LogP contribution in [0.1, 0.15) is 19.8 Å². The highest BCUT2D eigenvalue weighted by atomic mass is 16.5. The zero-order valence-corrected chi connectivity index (χ0v) is 9.01. The van der Waals surface area contributed by atoms with Crippen molar-refractivity contribution in [3.8, 4) is 0 Å². The molecule has 1 aliphatic rings. The van der Waals surface area contributed by atoms with Crippen LogP contribution in [0, 0.1) is 5.92 Å². The molecule has 0 radical (unpaired) electrons. The summed E-state index contributed by atoms with van der Waals surface area (Å²) in [5.74, 6) is 0.300. The number of hydrogen-bond acceptors (Lipinski definition) is 3. The zero-order chi connectivity index (χ0) is 10.4. The van der Waals surface area contributed by atoms with Crippen molar-refractivity contribution in [1.29, 1.82) is 0 Å². The summed E-state index contributed by atoms with van der Waals surface area (Å²) in [6.45, 7) is 4.40. The van der Waals surface area contributed by atoms with Crippen molar-refractivity contribution >= 4 is 5.91 Å². The van der Waals surface area contributed by atoms with Gasteiger partial charge >= 0.3 is 0 Å². The average Bonchev–Trinajstić information content (AvgIpc) is 2.26. The SMILES string of the molecule is COC(C)CNC(=O)[C@H]1CCCNC1. The Bertz CT molecular complexity index is 179. The highest BCUT2D eigenvalue weighted by molar-refractivity contribution is 5.78. The normalized spacial score (nSPS) is 24.3. The minimum absolute atomic E-state index is 0.0931. The molecule has 0 aromatic carbocycles. The smallest absolute Gasteiger partial charge is 0.224 e. The highest BCUT2D eigenvalue weighted by Gasteiger charge is 2.20. The molecule has 14 heavy (non-hydrogen) atoms. The van der Waals surface area contributed by atoms with Gasteiger partial charge in [0.25, 0.3) is 0 Å². The summed E-state index contributed by atoms with van der Waals surface area (Å²) in [6.07, 6.45) is 2.19. The predicted octanol–water partition coefficient (Wildman–Crippen LogP) is 0.137. The number of rotatable bonds is 4. The number of carbonyl (C=O) groups excluding carboxylic acids is 1. The summed E-state index contributed by atoms with van der Waals surface area (Å²) in [4.78, 5) is 11.6. The molecule has 0 spiro atoms. The maximum Gasteiger partial charge on any atom is 0.224 e. The number of nitrogens with one attached hydrogen (secondary N) is 2. The second-order valence-electron chi connectivity index (χ2n) is 3.83. The second-order valence-corrected chi connectivity index (χ2v) is 3.83. The van der Waals surface area contributed by atoms with Gasteiger partial charge in [-0.2, -0.15) is 0 Å². The van der Waals surface area contributed by atoms with Gasteiger partial charge in [0, 0.05) is 20.2 Å². The Hall–Kier alpha value is -0.610. The molecule has 4 nitrogen and oxygen atoms in total. The van der Waals surface area contributed by atoms with Crippen LogP contribution in [0.4, 0.5) is 0 Å². The van der Waals surface area contributed by atoms with Crippen LogP contribution in [0.3, 0.4) is 0 Å². The lowest BCUT2D eigenvalue weighted by molar-refractivity contribution is -0.126. The maximum absolute atomic E-state index is 11.6. The highest BCUT2D eigenvalue weighted by Crippen LogP contribution is 2.09. The summed E-state index contributed by atoms with van der Waals surface area (Å²) in [5, 5.41) is 6.12. The molecular weight excluding hydrogens is 180 g/mol. The Morgan fingerprint density at radius 2 is 2.50 bits per heavy atom. The monoisotopic (exact) mass is 200 g/mol. The minimum Gasteiger partial charge on any atom is -0.380 e. The van der Waals surface area contributed by atoms with Gasteiger partial charge in [0.05, 0.1) is 12.0 Å². The van der Waals surface area contributed by atoms with Crippen molar-refractivity contribution in [2.75, 3.05) is 26.7 Å². The molecule has 2 atom stereocenters. The third kappa shape index (κ3) is 3.64. The third-order valence-corrected chi connectivity index (χ3v) is 2.63. The molecular formula is C10H20N2O2. The molecule has 0 saturated carbocycles. The van der Waals surface area contributed by atoms with E-state index in [2.05, 4.69) is 10.6 Å². The van der Waals surface area contributed by atoms with Gasteiger partial charge in [-0.1, -0.05) is 0 Å². The van der Waals surface area contributed by atoms with E-state index in [4.69, 9.17) is 4.74 Å². The number of carbonyl (C=O) groups is 1. The van der Waals surface area contributed by atoms with Crippen molar-refractivity contribution in [3.63, 3.8) is 0 Å². The van der Waals surface area contributed by atoms with Gasteiger partial charge < -0.3 is 15.4 Å². The molecule has 1 fully saturated rings. The van der Waals surface area contributed by atoms with Gasteiger partial charge in [0.15, 0.2) is 0 Å². The number of piperidine rings is 1. The van der Waals surface area contributed by atoms with Crippen molar-refractivity contribution in [2.24, 2.45) is 5.92 Å². The zero-order valence-electron chi connectivity index (χ0n) is 9.01. The Kier molecular flexibility index (Phi) is 4.90. The van der Waals surface area contributed by atoms with E-state index in [0.29, 0.717) is 6.54 Å². The van der Waals surface area contributed by atoms with Crippen LogP contribution < -0.4 is 10.6 Å². The first kappa shape index (κ1) is 11.5. The van der Waals surface area contributed by atoms with Gasteiger partial charge in [-0.3, -0.25) is 4.79 Å². The van der Waals surface area contributed by atoms with E-state index >= 15 is 0 Å². The molecule has 1 aliphatic heterocycles. The van der Waals surface area contributed by atoms with Gasteiger partial charge in [0.2, 0.25) is 5.91 Å². The fraction of sp³-hybridized carbons (Fsp3) is 0.900. The molecule has 1 rings (SSSR count). The fourth-order valence-corrected chi connectivity index (χ4v) is 1.55. The molecule has 0 bridgehead atoms. The average molecular weight is 200 g/mol. The maximum atomic E-state index is 11.6. The van der Waals surface area contributed by atoms with Crippen LogP contribution in [0.2, 0.25) is 0 Å². The quantitative estimate of drug-likeness (QED) is 0.678. The topological polar surface area (TPSA) is 50.4 Å². The lowest BCUT2D eigenvalue weighted by atomic mass is 9.99. The van der Waals surface area contributed by atoms with Gasteiger partial charge in [-0.05, 0) is 26.3 Å². The van der Waals surface area contributed by atoms with E-state index in [1.165, 1.54) is 0 Å². The minimum atomic E-state index is 0.0931. The lowest BCUT2D eigenvalue weighted by Gasteiger charge is -2.22. The van der Waals surface area contributed by atoms with Gasteiger partial charge in [-0.15, -0.1) is 0 Å². The van der Waals surface area contributed by atoms with E-state index < -0.39 is 0 Å². The van der Waals surface area contributed by atoms with Crippen molar-refractivity contribution in [1.82, 2.24) is 10.6 Å². The first-order chi connectivity index (χ1) is 6.74. The Morgan fingerprint density at radius 1 is 1.71 bits per heavy atom. The van der Waals surface area contributed by atoms with E-state index in [-0.39, 0.29) is 17.9 Å². The molecule has 2 N–H and O–H groups in total. The fourth-order valence-electron chi connectivity index (χ4n) is 1.55. The largest absolute Gasteiger partial charge is 0.380 e. The number of ether oxygens (including phenoxy) is 1. The molecule has 0 aromatic rings. The molecule has 1 saturated heterocycles. The molecule has 1 amide bonds. The number of methoxy groups -OCH3 is 1. The molecule has 1 heterocycles. The third-order valence-electron chi connectivity index (χ3n) is 2.63. The summed E-state index contributed by atoms with van der Waals surface area (Å²) < 4.78 is 5.06. The van der Waals surface area contributed by atoms with Crippen LogP contribution in [-0.4, -0.2) is 38.8 Å². The van der Waals surface area contributed by atoms with Crippen molar-refractivity contribution < 1.29 is 9.53 Å². The van der Waals surface area contributed by atoms with Crippen LogP contribution in [0.25, 0.3) is 0 Å². The van der Waals surface area contributed by atoms with E-state index in [9.17, 15) is 4.79 Å². The number of amides is 1. The lowest BCUT2D eigenvalue weighted by Crippen LogP contribution is -2.42. The Labute approximate surface area is 85.4 Å². The van der Waals surface area contributed by atoms with Crippen LogP contribution >= 0.6 is 0 Å². The molecule has 0 aliphatic carbocycles. The van der Waals surface area contributed by atoms with E-state index in [1.807, 2.05) is 6.92 Å². The second kappa shape index (κ2) is 5.98. The summed E-state index contributed by atoms with van der Waals surface area (Å²) >= 11 is 0. The first-order valence-electron chi connectivity index (χ1n) is 5.25. The van der Waals surface area contributed by atoms with Gasteiger partial charge in [0.1, 0.15) is 0 Å². The number of hydrogen-bond donors (Lipinski definition) is 2. The summed E-state index contributed by atoms with van der Waals surface area (Å²) in [5.41, 5.74) is 0. The van der Waals surface area contributed by atoms with Crippen molar-refractivity contribution in [2.45, 2.75) is 25.9 Å². The Morgan fingerprint density at radius 3 is 3.07 bits per heavy atom.